The van der Waals surface area contributed by atoms with E-state index in [1.165, 1.54) is 6.07 Å². The van der Waals surface area contributed by atoms with Crippen LogP contribution in [0.1, 0.15) is 29.3 Å². The number of rotatable bonds is 2. The molecule has 0 aliphatic carbocycles. The van der Waals surface area contributed by atoms with Crippen molar-refractivity contribution in [3.05, 3.63) is 53.2 Å². The molecule has 0 bridgehead atoms. The Labute approximate surface area is 144 Å². The van der Waals surface area contributed by atoms with Gasteiger partial charge in [0.2, 0.25) is 0 Å². The average Bonchev–Trinajstić information content (AvgIpc) is 2.58. The zero-order chi connectivity index (χ0) is 19.1. The molecule has 0 fully saturated rings. The first-order valence-corrected chi connectivity index (χ1v) is 7.75. The molecule has 140 valence electrons. The highest BCUT2D eigenvalue weighted by atomic mass is 19.4. The Hall–Kier alpha value is -2.13. The first-order chi connectivity index (χ1) is 12.1. The van der Waals surface area contributed by atoms with Gasteiger partial charge in [-0.2, -0.15) is 26.3 Å². The maximum Gasteiger partial charge on any atom is 0.433 e. The van der Waals surface area contributed by atoms with Crippen LogP contribution < -0.4 is 5.32 Å². The Kier molecular flexibility index (Phi) is 4.70. The third kappa shape index (κ3) is 3.54. The summed E-state index contributed by atoms with van der Waals surface area (Å²) in [5.74, 6) is 0. The van der Waals surface area contributed by atoms with Gasteiger partial charge in [-0.15, -0.1) is 0 Å². The maximum absolute atomic E-state index is 13.2. The molecule has 2 N–H and O–H groups in total. The molecule has 9 heteroatoms. The summed E-state index contributed by atoms with van der Waals surface area (Å²) in [7, 11) is 0. The number of halogens is 6. The quantitative estimate of drug-likeness (QED) is 0.609. The van der Waals surface area contributed by atoms with Crippen molar-refractivity contribution in [2.24, 2.45) is 0 Å². The maximum atomic E-state index is 13.2. The number of aliphatic hydroxyl groups is 1. The van der Waals surface area contributed by atoms with Crippen molar-refractivity contribution in [1.82, 2.24) is 10.3 Å². The molecular weight excluding hydrogens is 362 g/mol. The molecule has 1 aromatic heterocycles. The van der Waals surface area contributed by atoms with Crippen molar-refractivity contribution >= 4 is 10.9 Å². The Morgan fingerprint density at radius 2 is 1.85 bits per heavy atom. The summed E-state index contributed by atoms with van der Waals surface area (Å²) in [5, 5.41) is 13.3. The van der Waals surface area contributed by atoms with E-state index in [0.717, 1.165) is 6.07 Å². The minimum absolute atomic E-state index is 0.166. The van der Waals surface area contributed by atoms with Gasteiger partial charge in [0.15, 0.2) is 0 Å². The fraction of sp³-hybridized carbons (Fsp3) is 0.353. The zero-order valence-electron chi connectivity index (χ0n) is 13.2. The number of para-hydroxylation sites is 1. The minimum atomic E-state index is -4.95. The highest BCUT2D eigenvalue weighted by molar-refractivity contribution is 5.86. The fourth-order valence-electron chi connectivity index (χ4n) is 2.95. The van der Waals surface area contributed by atoms with Crippen LogP contribution >= 0.6 is 0 Å². The van der Waals surface area contributed by atoms with Crippen LogP contribution in [0.25, 0.3) is 10.9 Å². The lowest BCUT2D eigenvalue weighted by atomic mass is 9.94. The number of benzene rings is 1. The molecule has 1 aromatic carbocycles. The number of pyridine rings is 1. The highest BCUT2D eigenvalue weighted by Gasteiger charge is 2.38. The van der Waals surface area contributed by atoms with Gasteiger partial charge in [-0.25, -0.2) is 4.98 Å². The number of aliphatic hydroxyl groups excluding tert-OH is 1. The third-order valence-electron chi connectivity index (χ3n) is 4.16. The van der Waals surface area contributed by atoms with Crippen molar-refractivity contribution in [3.63, 3.8) is 0 Å². The summed E-state index contributed by atoms with van der Waals surface area (Å²) in [4.78, 5) is 3.21. The van der Waals surface area contributed by atoms with E-state index in [1.54, 1.807) is 12.2 Å². The average molecular weight is 376 g/mol. The summed E-state index contributed by atoms with van der Waals surface area (Å²) < 4.78 is 79.2. The SMILES string of the molecule is O[C@@H](c1cc(C(F)(F)F)nc2c(C(F)(F)F)cccc12)[C@H]1C=CCCN1. The largest absolute Gasteiger partial charge is 0.433 e. The van der Waals surface area contributed by atoms with Crippen LogP contribution in [0.15, 0.2) is 36.4 Å². The van der Waals surface area contributed by atoms with Crippen LogP contribution in [0.4, 0.5) is 26.3 Å². The number of fused-ring (bicyclic) bond motifs is 1. The smallest absolute Gasteiger partial charge is 0.386 e. The number of hydrogen-bond acceptors (Lipinski definition) is 3. The summed E-state index contributed by atoms with van der Waals surface area (Å²) in [5.41, 5.74) is -3.83. The Bertz CT molecular complexity index is 843. The molecule has 2 heterocycles. The molecule has 0 spiro atoms. The van der Waals surface area contributed by atoms with Crippen molar-refractivity contribution in [3.8, 4) is 0 Å². The second-order valence-corrected chi connectivity index (χ2v) is 5.94. The predicted octanol–water partition coefficient (Wildman–Crippen LogP) is 4.22. The summed E-state index contributed by atoms with van der Waals surface area (Å²) in [6, 6.07) is 2.88. The van der Waals surface area contributed by atoms with Crippen LogP contribution in [-0.4, -0.2) is 22.7 Å². The van der Waals surface area contributed by atoms with Gasteiger partial charge in [0, 0.05) is 5.39 Å². The monoisotopic (exact) mass is 376 g/mol. The molecule has 0 radical (unpaired) electrons. The molecule has 2 aromatic rings. The van der Waals surface area contributed by atoms with Gasteiger partial charge in [-0.05, 0) is 30.7 Å². The first kappa shape index (κ1) is 18.7. The van der Waals surface area contributed by atoms with Gasteiger partial charge in [0.05, 0.1) is 23.2 Å². The van der Waals surface area contributed by atoms with Crippen LogP contribution in [0, 0.1) is 0 Å². The van der Waals surface area contributed by atoms with Gasteiger partial charge >= 0.3 is 12.4 Å². The van der Waals surface area contributed by atoms with E-state index in [1.807, 2.05) is 0 Å². The molecule has 26 heavy (non-hydrogen) atoms. The molecule has 0 saturated heterocycles. The zero-order valence-corrected chi connectivity index (χ0v) is 13.2. The molecule has 1 aliphatic heterocycles. The first-order valence-electron chi connectivity index (χ1n) is 7.75. The molecule has 1 aliphatic rings. The Morgan fingerprint density at radius 3 is 2.42 bits per heavy atom. The summed E-state index contributed by atoms with van der Waals surface area (Å²) >= 11 is 0. The lowest BCUT2D eigenvalue weighted by Gasteiger charge is -2.26. The van der Waals surface area contributed by atoms with Crippen LogP contribution in [-0.2, 0) is 12.4 Å². The summed E-state index contributed by atoms with van der Waals surface area (Å²) in [6.45, 7) is 0.501. The molecule has 3 nitrogen and oxygen atoms in total. The molecule has 2 atom stereocenters. The number of nitrogens with zero attached hydrogens (tertiary/aromatic N) is 1. The second-order valence-electron chi connectivity index (χ2n) is 5.94. The summed E-state index contributed by atoms with van der Waals surface area (Å²) in [6.07, 6.45) is -7.26. The molecule has 0 unspecified atom stereocenters. The van der Waals surface area contributed by atoms with E-state index < -0.39 is 41.3 Å². The van der Waals surface area contributed by atoms with E-state index in [9.17, 15) is 31.4 Å². The molecule has 0 amide bonds. The Morgan fingerprint density at radius 1 is 1.12 bits per heavy atom. The van der Waals surface area contributed by atoms with Crippen LogP contribution in [0.5, 0.6) is 0 Å². The lowest BCUT2D eigenvalue weighted by molar-refractivity contribution is -0.142. The second kappa shape index (κ2) is 6.55. The topological polar surface area (TPSA) is 45.2 Å². The minimum Gasteiger partial charge on any atom is -0.386 e. The number of alkyl halides is 6. The number of aromatic nitrogens is 1. The molecule has 0 saturated carbocycles. The van der Waals surface area contributed by atoms with E-state index in [0.29, 0.717) is 25.1 Å². The van der Waals surface area contributed by atoms with Gasteiger partial charge in [-0.3, -0.25) is 0 Å². The van der Waals surface area contributed by atoms with E-state index in [4.69, 9.17) is 0 Å². The van der Waals surface area contributed by atoms with E-state index in [-0.39, 0.29) is 10.9 Å². The van der Waals surface area contributed by atoms with Crippen LogP contribution in [0.2, 0.25) is 0 Å². The lowest BCUT2D eigenvalue weighted by Crippen LogP contribution is -2.36. The standard InChI is InChI=1S/C17H14F6N2O/c18-16(19,20)11-5-3-4-9-10(15(26)12-6-1-2-7-24-12)8-13(17(21,22)23)25-14(9)11/h1,3-6,8,12,15,24,26H,2,7H2/t12-,15+/m1/s1. The van der Waals surface area contributed by atoms with E-state index in [2.05, 4.69) is 10.3 Å². The van der Waals surface area contributed by atoms with Crippen molar-refractivity contribution in [2.75, 3.05) is 6.54 Å². The van der Waals surface area contributed by atoms with Crippen LogP contribution in [0.3, 0.4) is 0 Å². The molecular formula is C17H14F6N2O. The molecule has 3 rings (SSSR count). The number of hydrogen-bond donors (Lipinski definition) is 2. The third-order valence-corrected chi connectivity index (χ3v) is 4.16. The normalized spacial score (nSPS) is 19.7. The predicted molar refractivity (Wildman–Crippen MR) is 82.3 cm³/mol. The number of nitrogens with one attached hydrogen (secondary N) is 1. The fourth-order valence-corrected chi connectivity index (χ4v) is 2.95. The Balaban J connectivity index is 2.27. The van der Waals surface area contributed by atoms with Gasteiger partial charge in [0.25, 0.3) is 0 Å². The van der Waals surface area contributed by atoms with Crippen molar-refractivity contribution in [2.45, 2.75) is 30.9 Å². The highest BCUT2D eigenvalue weighted by Crippen LogP contribution is 2.39. The van der Waals surface area contributed by atoms with Crippen molar-refractivity contribution in [1.29, 1.82) is 0 Å². The van der Waals surface area contributed by atoms with E-state index >= 15 is 0 Å². The van der Waals surface area contributed by atoms with Gasteiger partial charge in [0.1, 0.15) is 5.69 Å². The van der Waals surface area contributed by atoms with Gasteiger partial charge < -0.3 is 10.4 Å². The van der Waals surface area contributed by atoms with Crippen molar-refractivity contribution < 1.29 is 31.4 Å². The van der Waals surface area contributed by atoms with Gasteiger partial charge in [-0.1, -0.05) is 24.3 Å².